The van der Waals surface area contributed by atoms with Crippen LogP contribution in [0.2, 0.25) is 0 Å². The summed E-state index contributed by atoms with van der Waals surface area (Å²) in [5, 5.41) is 14.9. The minimum atomic E-state index is -0.537. The monoisotopic (exact) mass is 328 g/mol. The van der Waals surface area contributed by atoms with Crippen LogP contribution in [-0.2, 0) is 7.05 Å². The molecule has 0 unspecified atom stereocenters. The molecule has 7 nitrogen and oxygen atoms in total. The summed E-state index contributed by atoms with van der Waals surface area (Å²) in [6.45, 7) is 0.365. The largest absolute Gasteiger partial charge is 0.391 e. The molecule has 1 aliphatic heterocycles. The highest BCUT2D eigenvalue weighted by molar-refractivity contribution is 5.86. The predicted octanol–water partition coefficient (Wildman–Crippen LogP) is 1.40. The Balaban J connectivity index is 1.80. The van der Waals surface area contributed by atoms with Crippen molar-refractivity contribution in [1.82, 2.24) is 19.7 Å². The van der Waals surface area contributed by atoms with E-state index in [1.807, 2.05) is 11.0 Å². The minimum absolute atomic E-state index is 0.208. The van der Waals surface area contributed by atoms with E-state index in [0.717, 1.165) is 5.56 Å². The summed E-state index contributed by atoms with van der Waals surface area (Å²) in [6, 6.07) is 6.16. The van der Waals surface area contributed by atoms with Gasteiger partial charge in [0.15, 0.2) is 5.65 Å². The van der Waals surface area contributed by atoms with Gasteiger partial charge in [0.05, 0.1) is 23.7 Å². The summed E-state index contributed by atoms with van der Waals surface area (Å²) >= 11 is 0. The molecule has 2 aromatic heterocycles. The zero-order valence-corrected chi connectivity index (χ0v) is 13.1. The first-order valence-electron chi connectivity index (χ1n) is 7.68. The van der Waals surface area contributed by atoms with Gasteiger partial charge in [0.2, 0.25) is 5.95 Å². The Morgan fingerprint density at radius 1 is 1.33 bits per heavy atom. The number of halogens is 1. The van der Waals surface area contributed by atoms with Crippen LogP contribution >= 0.6 is 0 Å². The molecule has 124 valence electrons. The van der Waals surface area contributed by atoms with Crippen molar-refractivity contribution in [2.24, 2.45) is 7.05 Å². The number of fused-ring (bicyclic) bond motifs is 1. The number of hydrogen-bond donors (Lipinski definition) is 2. The van der Waals surface area contributed by atoms with Crippen LogP contribution in [0.25, 0.3) is 11.0 Å². The van der Waals surface area contributed by atoms with Crippen molar-refractivity contribution in [1.29, 1.82) is 0 Å². The molecule has 24 heavy (non-hydrogen) atoms. The Morgan fingerprint density at radius 3 is 2.96 bits per heavy atom. The van der Waals surface area contributed by atoms with E-state index < -0.39 is 6.10 Å². The molecular formula is C16H17FN6O. The first kappa shape index (κ1) is 14.8. The topological polar surface area (TPSA) is 93.1 Å². The van der Waals surface area contributed by atoms with Gasteiger partial charge in [-0.2, -0.15) is 15.1 Å². The first-order chi connectivity index (χ1) is 11.5. The van der Waals surface area contributed by atoms with Gasteiger partial charge in [-0.25, -0.2) is 4.39 Å². The fourth-order valence-corrected chi connectivity index (χ4v) is 3.23. The Kier molecular flexibility index (Phi) is 3.34. The zero-order valence-electron chi connectivity index (χ0n) is 13.1. The molecule has 0 amide bonds. The van der Waals surface area contributed by atoms with Crippen LogP contribution < -0.4 is 10.6 Å². The SMILES string of the molecule is Cn1ncc2c(N)nc(N3C[C@@H](O)C[C@@H]3c3cccc(F)c3)nc21. The maximum atomic E-state index is 13.6. The molecule has 0 aliphatic carbocycles. The zero-order chi connectivity index (χ0) is 16.8. The molecule has 0 spiro atoms. The number of nitrogens with zero attached hydrogens (tertiary/aromatic N) is 5. The molecule has 8 heteroatoms. The molecule has 2 atom stereocenters. The fourth-order valence-electron chi connectivity index (χ4n) is 3.23. The van der Waals surface area contributed by atoms with Crippen LogP contribution in [0.4, 0.5) is 16.2 Å². The Bertz CT molecular complexity index is 911. The van der Waals surface area contributed by atoms with Crippen molar-refractivity contribution in [3.05, 3.63) is 41.8 Å². The van der Waals surface area contributed by atoms with Gasteiger partial charge in [-0.15, -0.1) is 0 Å². The minimum Gasteiger partial charge on any atom is -0.391 e. The molecule has 1 aliphatic rings. The van der Waals surface area contributed by atoms with Crippen molar-refractivity contribution in [2.75, 3.05) is 17.2 Å². The van der Waals surface area contributed by atoms with Gasteiger partial charge in [-0.1, -0.05) is 12.1 Å². The molecule has 3 N–H and O–H groups in total. The van der Waals surface area contributed by atoms with Crippen molar-refractivity contribution >= 4 is 22.8 Å². The molecule has 0 bridgehead atoms. The number of rotatable bonds is 2. The standard InChI is InChI=1S/C16H17FN6O/c1-22-15-12(7-19-22)14(18)20-16(21-15)23-8-11(24)6-13(23)9-3-2-4-10(17)5-9/h2-5,7,11,13,24H,6,8H2,1H3,(H2,18,20,21)/t11-,13+/m0/s1. The second-order valence-corrected chi connectivity index (χ2v) is 6.03. The number of nitrogens with two attached hydrogens (primary N) is 1. The van der Waals surface area contributed by atoms with E-state index in [1.165, 1.54) is 12.1 Å². The summed E-state index contributed by atoms with van der Waals surface area (Å²) < 4.78 is 15.2. The van der Waals surface area contributed by atoms with Gasteiger partial charge >= 0.3 is 0 Å². The molecule has 1 fully saturated rings. The number of hydrogen-bond acceptors (Lipinski definition) is 6. The van der Waals surface area contributed by atoms with Crippen LogP contribution in [0.1, 0.15) is 18.0 Å². The maximum Gasteiger partial charge on any atom is 0.229 e. The number of aliphatic hydroxyl groups excluding tert-OH is 1. The van der Waals surface area contributed by atoms with Crippen LogP contribution in [0.15, 0.2) is 30.5 Å². The molecule has 0 saturated carbocycles. The lowest BCUT2D eigenvalue weighted by atomic mass is 10.0. The lowest BCUT2D eigenvalue weighted by Gasteiger charge is -2.25. The predicted molar refractivity (Wildman–Crippen MR) is 87.8 cm³/mol. The van der Waals surface area contributed by atoms with Crippen molar-refractivity contribution in [2.45, 2.75) is 18.6 Å². The lowest BCUT2D eigenvalue weighted by molar-refractivity contribution is 0.194. The third-order valence-electron chi connectivity index (χ3n) is 4.38. The highest BCUT2D eigenvalue weighted by Gasteiger charge is 2.34. The molecule has 3 heterocycles. The molecule has 1 saturated heterocycles. The van der Waals surface area contributed by atoms with Gasteiger partial charge in [0.25, 0.3) is 0 Å². The van der Waals surface area contributed by atoms with Gasteiger partial charge in [-0.3, -0.25) is 4.68 Å². The number of aryl methyl sites for hydroxylation is 1. The van der Waals surface area contributed by atoms with E-state index in [4.69, 9.17) is 5.73 Å². The second kappa shape index (κ2) is 5.41. The van der Waals surface area contributed by atoms with E-state index in [1.54, 1.807) is 24.0 Å². The van der Waals surface area contributed by atoms with Crippen LogP contribution in [0, 0.1) is 5.82 Å². The van der Waals surface area contributed by atoms with E-state index in [0.29, 0.717) is 35.8 Å². The van der Waals surface area contributed by atoms with E-state index in [2.05, 4.69) is 15.1 Å². The Hall–Kier alpha value is -2.74. The van der Waals surface area contributed by atoms with Crippen molar-refractivity contribution < 1.29 is 9.50 Å². The second-order valence-electron chi connectivity index (χ2n) is 6.03. The molecule has 1 aromatic carbocycles. The van der Waals surface area contributed by atoms with Crippen LogP contribution in [0.5, 0.6) is 0 Å². The van der Waals surface area contributed by atoms with Gasteiger partial charge in [0.1, 0.15) is 11.6 Å². The van der Waals surface area contributed by atoms with E-state index in [-0.39, 0.29) is 11.9 Å². The van der Waals surface area contributed by atoms with Crippen LogP contribution in [0.3, 0.4) is 0 Å². The van der Waals surface area contributed by atoms with Gasteiger partial charge in [0, 0.05) is 13.6 Å². The van der Waals surface area contributed by atoms with Gasteiger partial charge < -0.3 is 15.7 Å². The average Bonchev–Trinajstić information content (AvgIpc) is 3.11. The summed E-state index contributed by atoms with van der Waals surface area (Å²) in [4.78, 5) is 10.8. The number of nitrogen functional groups attached to an aromatic ring is 1. The smallest absolute Gasteiger partial charge is 0.229 e. The quantitative estimate of drug-likeness (QED) is 0.738. The number of β-amino-alcohol motifs (C(OH)–C–C–N with tert-alkyl or cyclic N) is 1. The third-order valence-corrected chi connectivity index (χ3v) is 4.38. The first-order valence-corrected chi connectivity index (χ1v) is 7.68. The summed E-state index contributed by atoms with van der Waals surface area (Å²) in [5.74, 6) is 0.438. The average molecular weight is 328 g/mol. The molecular weight excluding hydrogens is 311 g/mol. The Morgan fingerprint density at radius 2 is 2.17 bits per heavy atom. The van der Waals surface area contributed by atoms with E-state index in [9.17, 15) is 9.50 Å². The number of anilines is 2. The Labute approximate surface area is 137 Å². The fraction of sp³-hybridized carbons (Fsp3) is 0.312. The third kappa shape index (κ3) is 2.35. The number of benzene rings is 1. The van der Waals surface area contributed by atoms with Gasteiger partial charge in [-0.05, 0) is 24.1 Å². The van der Waals surface area contributed by atoms with Crippen molar-refractivity contribution in [3.8, 4) is 0 Å². The maximum absolute atomic E-state index is 13.6. The van der Waals surface area contributed by atoms with Crippen molar-refractivity contribution in [3.63, 3.8) is 0 Å². The highest BCUT2D eigenvalue weighted by atomic mass is 19.1. The molecule has 4 rings (SSSR count). The van der Waals surface area contributed by atoms with Crippen LogP contribution in [-0.4, -0.2) is 37.5 Å². The summed E-state index contributed by atoms with van der Waals surface area (Å²) in [6.07, 6.45) is 1.57. The highest BCUT2D eigenvalue weighted by Crippen LogP contribution is 2.36. The molecule has 3 aromatic rings. The summed E-state index contributed by atoms with van der Waals surface area (Å²) in [5.41, 5.74) is 7.43. The normalized spacial score (nSPS) is 20.9. The lowest BCUT2D eigenvalue weighted by Crippen LogP contribution is -2.26. The van der Waals surface area contributed by atoms with E-state index >= 15 is 0 Å². The molecule has 0 radical (unpaired) electrons. The number of aromatic nitrogens is 4. The number of aliphatic hydroxyl groups is 1. The summed E-state index contributed by atoms with van der Waals surface area (Å²) in [7, 11) is 1.78.